The van der Waals surface area contributed by atoms with Gasteiger partial charge < -0.3 is 9.74 Å². The number of fused-ring (bicyclic) bond motifs is 1. The summed E-state index contributed by atoms with van der Waals surface area (Å²) in [7, 11) is -2.08. The zero-order valence-corrected chi connectivity index (χ0v) is 22.2. The lowest BCUT2D eigenvalue weighted by Crippen LogP contribution is -2.37. The number of nitrogens with one attached hydrogen (secondary N) is 1. The number of rotatable bonds is 6. The Morgan fingerprint density at radius 2 is 1.97 bits per heavy atom. The van der Waals surface area contributed by atoms with Crippen LogP contribution in [0.1, 0.15) is 58.1 Å². The zero-order valence-electron chi connectivity index (χ0n) is 20.4. The number of benzene rings is 2. The molecule has 0 aliphatic carbocycles. The SMILES string of the molecule is Cc1cc(-c2ccc(O[Si](C)(C)CC(C)C)c([N+](=O)[O-])c2)c(Cl)c2c1NC(C)(C)CC2C. The maximum absolute atomic E-state index is 11.9. The molecule has 32 heavy (non-hydrogen) atoms. The molecule has 2 aromatic rings. The summed E-state index contributed by atoms with van der Waals surface area (Å²) < 4.78 is 6.23. The molecule has 0 spiro atoms. The Bertz CT molecular complexity index is 1050. The van der Waals surface area contributed by atoms with Crippen LogP contribution in [0, 0.1) is 23.0 Å². The highest BCUT2D eigenvalue weighted by molar-refractivity contribution is 6.71. The second kappa shape index (κ2) is 8.71. The number of aryl methyl sites for hydroxylation is 1. The third-order valence-electron chi connectivity index (χ3n) is 6.02. The zero-order chi connectivity index (χ0) is 24.0. The summed E-state index contributed by atoms with van der Waals surface area (Å²) in [6.07, 6.45) is 0.963. The van der Waals surface area contributed by atoms with E-state index in [9.17, 15) is 10.1 Å². The van der Waals surface area contributed by atoms with Crippen molar-refractivity contribution in [3.05, 3.63) is 50.5 Å². The Morgan fingerprint density at radius 1 is 1.31 bits per heavy atom. The number of nitro groups is 1. The number of anilines is 1. The molecule has 1 N–H and O–H groups in total. The molecule has 1 unspecified atom stereocenters. The van der Waals surface area contributed by atoms with Gasteiger partial charge in [0, 0.05) is 22.9 Å². The van der Waals surface area contributed by atoms with Crippen LogP contribution >= 0.6 is 11.6 Å². The third-order valence-corrected chi connectivity index (χ3v) is 9.00. The number of nitro benzene ring substituents is 1. The van der Waals surface area contributed by atoms with Crippen molar-refractivity contribution in [1.82, 2.24) is 0 Å². The molecular formula is C25H35ClN2O3Si. The maximum atomic E-state index is 11.9. The van der Waals surface area contributed by atoms with Gasteiger partial charge in [0.2, 0.25) is 8.32 Å². The molecule has 2 aromatic carbocycles. The lowest BCUT2D eigenvalue weighted by Gasteiger charge is -2.39. The van der Waals surface area contributed by atoms with E-state index in [1.165, 1.54) is 0 Å². The van der Waals surface area contributed by atoms with Gasteiger partial charge in [-0.05, 0) is 87.0 Å². The normalized spacial score (nSPS) is 17.6. The van der Waals surface area contributed by atoms with Gasteiger partial charge in [0.25, 0.3) is 0 Å². The minimum absolute atomic E-state index is 0.00747. The molecule has 0 saturated heterocycles. The topological polar surface area (TPSA) is 64.4 Å². The van der Waals surface area contributed by atoms with Crippen molar-refractivity contribution in [2.24, 2.45) is 5.92 Å². The molecule has 1 aliphatic rings. The van der Waals surface area contributed by atoms with Crippen LogP contribution in [-0.2, 0) is 0 Å². The standard InChI is InChI=1S/C25H35ClN2O3Si/c1-15(2)14-32(7,8)31-21-10-9-18(12-20(21)28(29)30)19-11-16(3)24-22(23(19)26)17(4)13-25(5,6)27-24/h9-12,15,17,27H,13-14H2,1-8H3. The van der Waals surface area contributed by atoms with Crippen LogP contribution in [0.2, 0.25) is 24.2 Å². The molecule has 0 bridgehead atoms. The molecule has 1 heterocycles. The van der Waals surface area contributed by atoms with Crippen molar-refractivity contribution < 1.29 is 9.35 Å². The Kier molecular flexibility index (Phi) is 6.69. The first-order chi connectivity index (χ1) is 14.7. The lowest BCUT2D eigenvalue weighted by atomic mass is 9.79. The van der Waals surface area contributed by atoms with Gasteiger partial charge in [-0.3, -0.25) is 10.1 Å². The van der Waals surface area contributed by atoms with E-state index in [1.54, 1.807) is 12.1 Å². The van der Waals surface area contributed by atoms with Crippen molar-refractivity contribution in [3.63, 3.8) is 0 Å². The summed E-state index contributed by atoms with van der Waals surface area (Å²) in [5.41, 5.74) is 4.81. The third kappa shape index (κ3) is 5.12. The van der Waals surface area contributed by atoms with Crippen molar-refractivity contribution in [2.75, 3.05) is 5.32 Å². The summed E-state index contributed by atoms with van der Waals surface area (Å²) in [4.78, 5) is 11.6. The fraction of sp³-hybridized carbons (Fsp3) is 0.520. The number of hydrogen-bond acceptors (Lipinski definition) is 4. The molecule has 174 valence electrons. The highest BCUT2D eigenvalue weighted by Gasteiger charge is 2.33. The van der Waals surface area contributed by atoms with E-state index < -0.39 is 8.32 Å². The number of hydrogen-bond donors (Lipinski definition) is 1. The molecule has 5 nitrogen and oxygen atoms in total. The minimum Gasteiger partial charge on any atom is -0.539 e. The fourth-order valence-electron chi connectivity index (χ4n) is 5.15. The van der Waals surface area contributed by atoms with Crippen LogP contribution in [0.3, 0.4) is 0 Å². The number of nitrogens with zero attached hydrogens (tertiary/aromatic N) is 1. The molecule has 0 saturated carbocycles. The molecule has 1 aliphatic heterocycles. The van der Waals surface area contributed by atoms with Gasteiger partial charge >= 0.3 is 5.69 Å². The Morgan fingerprint density at radius 3 is 2.56 bits per heavy atom. The first-order valence-corrected chi connectivity index (χ1v) is 14.8. The number of halogens is 1. The second-order valence-corrected chi connectivity index (χ2v) is 15.4. The molecule has 0 radical (unpaired) electrons. The van der Waals surface area contributed by atoms with Crippen LogP contribution in [0.5, 0.6) is 5.75 Å². The summed E-state index contributed by atoms with van der Waals surface area (Å²) in [5.74, 6) is 1.11. The van der Waals surface area contributed by atoms with E-state index in [4.69, 9.17) is 16.0 Å². The van der Waals surface area contributed by atoms with Crippen LogP contribution in [0.15, 0.2) is 24.3 Å². The van der Waals surface area contributed by atoms with E-state index in [0.717, 1.165) is 40.4 Å². The minimum atomic E-state index is -2.08. The van der Waals surface area contributed by atoms with E-state index in [1.807, 2.05) is 12.1 Å². The van der Waals surface area contributed by atoms with Gasteiger partial charge in [0.15, 0.2) is 5.75 Å². The average Bonchev–Trinajstić information content (AvgIpc) is 2.62. The van der Waals surface area contributed by atoms with Crippen molar-refractivity contribution >= 4 is 31.3 Å². The monoisotopic (exact) mass is 474 g/mol. The van der Waals surface area contributed by atoms with E-state index in [-0.39, 0.29) is 22.1 Å². The van der Waals surface area contributed by atoms with Crippen molar-refractivity contribution in [1.29, 1.82) is 0 Å². The fourth-order valence-corrected chi connectivity index (χ4v) is 8.41. The van der Waals surface area contributed by atoms with Crippen LogP contribution < -0.4 is 9.74 Å². The molecule has 0 fully saturated rings. The first-order valence-electron chi connectivity index (χ1n) is 11.3. The van der Waals surface area contributed by atoms with Crippen LogP contribution in [-0.4, -0.2) is 18.8 Å². The largest absolute Gasteiger partial charge is 0.539 e. The van der Waals surface area contributed by atoms with Crippen LogP contribution in [0.25, 0.3) is 11.1 Å². The van der Waals surface area contributed by atoms with Gasteiger partial charge in [0.1, 0.15) is 0 Å². The van der Waals surface area contributed by atoms with Gasteiger partial charge in [-0.15, -0.1) is 0 Å². The van der Waals surface area contributed by atoms with E-state index in [2.05, 4.69) is 60.0 Å². The molecular weight excluding hydrogens is 440 g/mol. The highest BCUT2D eigenvalue weighted by atomic mass is 35.5. The van der Waals surface area contributed by atoms with Gasteiger partial charge in [-0.1, -0.05) is 38.4 Å². The predicted octanol–water partition coefficient (Wildman–Crippen LogP) is 8.16. The summed E-state index contributed by atoms with van der Waals surface area (Å²) in [5, 5.41) is 16.2. The van der Waals surface area contributed by atoms with Crippen molar-refractivity contribution in [3.8, 4) is 16.9 Å². The summed E-state index contributed by atoms with van der Waals surface area (Å²) >= 11 is 6.92. The average molecular weight is 475 g/mol. The van der Waals surface area contributed by atoms with Crippen LogP contribution in [0.4, 0.5) is 11.4 Å². The van der Waals surface area contributed by atoms with Gasteiger partial charge in [-0.2, -0.15) is 0 Å². The maximum Gasteiger partial charge on any atom is 0.310 e. The summed E-state index contributed by atoms with van der Waals surface area (Å²) in [6.45, 7) is 17.1. The molecule has 7 heteroatoms. The smallest absolute Gasteiger partial charge is 0.310 e. The first kappa shape index (κ1) is 24.6. The summed E-state index contributed by atoms with van der Waals surface area (Å²) in [6, 6.07) is 8.19. The molecule has 0 aromatic heterocycles. The van der Waals surface area contributed by atoms with Gasteiger partial charge in [-0.25, -0.2) is 0 Å². The lowest BCUT2D eigenvalue weighted by molar-refractivity contribution is -0.385. The predicted molar refractivity (Wildman–Crippen MR) is 137 cm³/mol. The molecule has 1 atom stereocenters. The Labute approximate surface area is 197 Å². The molecule has 0 amide bonds. The van der Waals surface area contributed by atoms with Crippen molar-refractivity contribution in [2.45, 2.75) is 78.6 Å². The second-order valence-electron chi connectivity index (χ2n) is 10.9. The van der Waals surface area contributed by atoms with Gasteiger partial charge in [0.05, 0.1) is 9.95 Å². The molecule has 3 rings (SSSR count). The van der Waals surface area contributed by atoms with E-state index >= 15 is 0 Å². The van der Waals surface area contributed by atoms with E-state index in [0.29, 0.717) is 16.7 Å². The quantitative estimate of drug-likeness (QED) is 0.260. The Hall–Kier alpha value is -2.05. The Balaban J connectivity index is 2.08. The highest BCUT2D eigenvalue weighted by Crippen LogP contribution is 2.48.